The number of hydrogen-bond donors (Lipinski definition) is 2. The van der Waals surface area contributed by atoms with Crippen LogP contribution in [0.2, 0.25) is 0 Å². The number of nitrogens with one attached hydrogen (secondary N) is 1. The molecule has 2 aromatic rings. The molecule has 1 fully saturated rings. The standard InChI is InChI=1S/C20H25FN2O/c1-15-5-4-6-17(13-15)22-16-9-11-23(12-10-16)14-20(24)18-7-2-3-8-19(18)21/h2-8,13,16,20,22,24H,9-12,14H2,1H3. The van der Waals surface area contributed by atoms with Gasteiger partial charge >= 0.3 is 0 Å². The quantitative estimate of drug-likeness (QED) is 0.877. The van der Waals surface area contributed by atoms with E-state index in [1.807, 2.05) is 0 Å². The van der Waals surface area contributed by atoms with Crippen LogP contribution in [0.15, 0.2) is 48.5 Å². The number of anilines is 1. The fourth-order valence-corrected chi connectivity index (χ4v) is 3.32. The van der Waals surface area contributed by atoms with Gasteiger partial charge in [0.05, 0.1) is 6.10 Å². The van der Waals surface area contributed by atoms with Crippen molar-refractivity contribution < 1.29 is 9.50 Å². The minimum Gasteiger partial charge on any atom is -0.387 e. The summed E-state index contributed by atoms with van der Waals surface area (Å²) < 4.78 is 13.7. The van der Waals surface area contributed by atoms with Crippen LogP contribution < -0.4 is 5.32 Å². The first kappa shape index (κ1) is 16.9. The summed E-state index contributed by atoms with van der Waals surface area (Å²) in [5.41, 5.74) is 2.81. The number of likely N-dealkylation sites (tertiary alicyclic amines) is 1. The molecule has 24 heavy (non-hydrogen) atoms. The molecular weight excluding hydrogens is 303 g/mol. The first-order valence-corrected chi connectivity index (χ1v) is 8.60. The maximum Gasteiger partial charge on any atom is 0.129 e. The lowest BCUT2D eigenvalue weighted by atomic mass is 10.0. The third-order valence-electron chi connectivity index (χ3n) is 4.67. The largest absolute Gasteiger partial charge is 0.387 e. The van der Waals surface area contributed by atoms with Gasteiger partial charge in [-0.1, -0.05) is 30.3 Å². The summed E-state index contributed by atoms with van der Waals surface area (Å²) in [7, 11) is 0. The smallest absolute Gasteiger partial charge is 0.129 e. The number of rotatable bonds is 5. The van der Waals surface area contributed by atoms with Crippen molar-refractivity contribution in [2.75, 3.05) is 25.0 Å². The molecule has 0 aliphatic carbocycles. The Morgan fingerprint density at radius 2 is 1.92 bits per heavy atom. The summed E-state index contributed by atoms with van der Waals surface area (Å²) in [6.45, 7) is 4.40. The van der Waals surface area contributed by atoms with E-state index in [4.69, 9.17) is 0 Å². The van der Waals surface area contributed by atoms with Gasteiger partial charge in [0, 0.05) is 36.9 Å². The number of aliphatic hydroxyl groups is 1. The second-order valence-corrected chi connectivity index (χ2v) is 6.63. The first-order chi connectivity index (χ1) is 11.6. The van der Waals surface area contributed by atoms with Crippen molar-refractivity contribution in [2.45, 2.75) is 31.9 Å². The van der Waals surface area contributed by atoms with Crippen molar-refractivity contribution in [1.82, 2.24) is 4.90 Å². The van der Waals surface area contributed by atoms with Crippen molar-refractivity contribution >= 4 is 5.69 Å². The fourth-order valence-electron chi connectivity index (χ4n) is 3.32. The van der Waals surface area contributed by atoms with Crippen LogP contribution in [-0.2, 0) is 0 Å². The Hall–Kier alpha value is -1.91. The number of hydrogen-bond acceptors (Lipinski definition) is 3. The molecule has 2 aromatic carbocycles. The molecule has 128 valence electrons. The Bertz CT molecular complexity index is 668. The molecule has 1 unspecified atom stereocenters. The van der Waals surface area contributed by atoms with Gasteiger partial charge < -0.3 is 15.3 Å². The molecule has 4 heteroatoms. The number of β-amino-alcohol motifs (C(OH)–C–C–N with tert-alkyl or cyclic N) is 1. The van der Waals surface area contributed by atoms with Gasteiger partial charge in [0.1, 0.15) is 5.82 Å². The molecular formula is C20H25FN2O. The number of nitrogens with zero attached hydrogens (tertiary/aromatic N) is 1. The van der Waals surface area contributed by atoms with Crippen LogP contribution in [0.5, 0.6) is 0 Å². The van der Waals surface area contributed by atoms with E-state index >= 15 is 0 Å². The molecule has 0 bridgehead atoms. The zero-order valence-electron chi connectivity index (χ0n) is 14.1. The summed E-state index contributed by atoms with van der Waals surface area (Å²) in [6, 6.07) is 15.3. The number of benzene rings is 2. The first-order valence-electron chi connectivity index (χ1n) is 8.60. The highest BCUT2D eigenvalue weighted by Crippen LogP contribution is 2.21. The predicted octanol–water partition coefficient (Wildman–Crippen LogP) is 3.74. The Morgan fingerprint density at radius 1 is 1.17 bits per heavy atom. The summed E-state index contributed by atoms with van der Waals surface area (Å²) in [6.07, 6.45) is 1.28. The lowest BCUT2D eigenvalue weighted by Gasteiger charge is -2.34. The van der Waals surface area contributed by atoms with E-state index in [2.05, 4.69) is 41.4 Å². The molecule has 0 radical (unpaired) electrons. The van der Waals surface area contributed by atoms with Gasteiger partial charge in [-0.2, -0.15) is 0 Å². The minimum absolute atomic E-state index is 0.332. The summed E-state index contributed by atoms with van der Waals surface area (Å²) >= 11 is 0. The van der Waals surface area contributed by atoms with Crippen LogP contribution in [-0.4, -0.2) is 35.7 Å². The predicted molar refractivity (Wildman–Crippen MR) is 95.6 cm³/mol. The van der Waals surface area contributed by atoms with E-state index in [1.54, 1.807) is 18.2 Å². The lowest BCUT2D eigenvalue weighted by Crippen LogP contribution is -2.41. The van der Waals surface area contributed by atoms with Crippen LogP contribution in [0.25, 0.3) is 0 Å². The Labute approximate surface area is 143 Å². The zero-order valence-corrected chi connectivity index (χ0v) is 14.1. The molecule has 1 saturated heterocycles. The van der Waals surface area contributed by atoms with E-state index in [1.165, 1.54) is 17.3 Å². The van der Waals surface area contributed by atoms with Crippen LogP contribution in [0.4, 0.5) is 10.1 Å². The molecule has 1 atom stereocenters. The maximum atomic E-state index is 13.7. The lowest BCUT2D eigenvalue weighted by molar-refractivity contribution is 0.0966. The maximum absolute atomic E-state index is 13.7. The van der Waals surface area contributed by atoms with Crippen molar-refractivity contribution in [3.63, 3.8) is 0 Å². The van der Waals surface area contributed by atoms with E-state index in [-0.39, 0.29) is 5.82 Å². The second-order valence-electron chi connectivity index (χ2n) is 6.63. The average molecular weight is 328 g/mol. The molecule has 1 heterocycles. The molecule has 0 spiro atoms. The van der Waals surface area contributed by atoms with E-state index in [9.17, 15) is 9.50 Å². The zero-order chi connectivity index (χ0) is 16.9. The molecule has 2 N–H and O–H groups in total. The number of piperidine rings is 1. The highest BCUT2D eigenvalue weighted by Gasteiger charge is 2.22. The fraction of sp³-hybridized carbons (Fsp3) is 0.400. The average Bonchev–Trinajstić information content (AvgIpc) is 2.57. The third kappa shape index (κ3) is 4.34. The van der Waals surface area contributed by atoms with Gasteiger partial charge in [-0.3, -0.25) is 0 Å². The summed E-state index contributed by atoms with van der Waals surface area (Å²) in [4.78, 5) is 2.21. The Morgan fingerprint density at radius 3 is 2.62 bits per heavy atom. The van der Waals surface area contributed by atoms with Crippen LogP contribution >= 0.6 is 0 Å². The highest BCUT2D eigenvalue weighted by molar-refractivity contribution is 5.46. The highest BCUT2D eigenvalue weighted by atomic mass is 19.1. The molecule has 1 aliphatic rings. The Balaban J connectivity index is 1.49. The number of aliphatic hydroxyl groups excluding tert-OH is 1. The van der Waals surface area contributed by atoms with E-state index in [0.29, 0.717) is 18.2 Å². The van der Waals surface area contributed by atoms with Gasteiger partial charge in [0.2, 0.25) is 0 Å². The third-order valence-corrected chi connectivity index (χ3v) is 4.67. The summed E-state index contributed by atoms with van der Waals surface area (Å²) in [5.74, 6) is -0.332. The minimum atomic E-state index is -0.771. The van der Waals surface area contributed by atoms with Crippen molar-refractivity contribution in [2.24, 2.45) is 0 Å². The van der Waals surface area contributed by atoms with Gasteiger partial charge in [0.15, 0.2) is 0 Å². The molecule has 3 nitrogen and oxygen atoms in total. The SMILES string of the molecule is Cc1cccc(NC2CCN(CC(O)c3ccccc3F)CC2)c1. The van der Waals surface area contributed by atoms with Crippen molar-refractivity contribution in [3.8, 4) is 0 Å². The molecule has 0 amide bonds. The molecule has 3 rings (SSSR count). The van der Waals surface area contributed by atoms with Crippen LogP contribution in [0.1, 0.15) is 30.1 Å². The number of halogens is 1. The number of aryl methyl sites for hydroxylation is 1. The van der Waals surface area contributed by atoms with Crippen LogP contribution in [0.3, 0.4) is 0 Å². The van der Waals surface area contributed by atoms with E-state index in [0.717, 1.165) is 25.9 Å². The topological polar surface area (TPSA) is 35.5 Å². The molecule has 0 saturated carbocycles. The van der Waals surface area contributed by atoms with Gasteiger partial charge in [-0.05, 0) is 43.5 Å². The van der Waals surface area contributed by atoms with Gasteiger partial charge in [-0.25, -0.2) is 4.39 Å². The van der Waals surface area contributed by atoms with E-state index < -0.39 is 6.10 Å². The molecule has 1 aliphatic heterocycles. The van der Waals surface area contributed by atoms with Crippen molar-refractivity contribution in [3.05, 3.63) is 65.5 Å². The summed E-state index contributed by atoms with van der Waals surface area (Å²) in [5, 5.41) is 13.9. The normalized spacial score (nSPS) is 17.6. The van der Waals surface area contributed by atoms with Crippen LogP contribution in [0, 0.1) is 12.7 Å². The van der Waals surface area contributed by atoms with Gasteiger partial charge in [0.25, 0.3) is 0 Å². The molecule has 0 aromatic heterocycles. The monoisotopic (exact) mass is 328 g/mol. The Kier molecular flexibility index (Phi) is 5.48. The van der Waals surface area contributed by atoms with Crippen molar-refractivity contribution in [1.29, 1.82) is 0 Å². The second kappa shape index (κ2) is 7.77. The van der Waals surface area contributed by atoms with Gasteiger partial charge in [-0.15, -0.1) is 0 Å².